The summed E-state index contributed by atoms with van der Waals surface area (Å²) in [6.45, 7) is 3.52. The van der Waals surface area contributed by atoms with E-state index in [2.05, 4.69) is 16.9 Å². The number of aromatic nitrogens is 2. The Hall–Kier alpha value is -2.75. The summed E-state index contributed by atoms with van der Waals surface area (Å²) in [6, 6.07) is 16.0. The van der Waals surface area contributed by atoms with E-state index in [9.17, 15) is 4.79 Å². The van der Waals surface area contributed by atoms with Crippen LogP contribution in [0.5, 0.6) is 0 Å². The van der Waals surface area contributed by atoms with Gasteiger partial charge in [-0.25, -0.2) is 4.98 Å². The Morgan fingerprint density at radius 1 is 1.08 bits per heavy atom. The lowest BCUT2D eigenvalue weighted by atomic mass is 9.95. The fourth-order valence-electron chi connectivity index (χ4n) is 3.03. The number of hydrogen-bond acceptors (Lipinski definition) is 3. The highest BCUT2D eigenvalue weighted by Crippen LogP contribution is 2.26. The molecule has 24 heavy (non-hydrogen) atoms. The topological polar surface area (TPSA) is 46.1 Å². The number of nitrogens with zero attached hydrogens (tertiary/aromatic N) is 3. The molecule has 1 amide bonds. The zero-order valence-electron chi connectivity index (χ0n) is 13.6. The molecular formula is C20H19N3O. The van der Waals surface area contributed by atoms with E-state index in [0.29, 0.717) is 12.3 Å². The molecule has 0 bridgehead atoms. The fourth-order valence-corrected chi connectivity index (χ4v) is 3.03. The van der Waals surface area contributed by atoms with Crippen molar-refractivity contribution in [3.8, 4) is 0 Å². The Balaban J connectivity index is 1.39. The number of carbonyl (C=O) groups is 1. The van der Waals surface area contributed by atoms with Crippen molar-refractivity contribution in [3.05, 3.63) is 71.5 Å². The molecule has 0 radical (unpaired) electrons. The van der Waals surface area contributed by atoms with E-state index in [0.717, 1.165) is 35.4 Å². The minimum absolute atomic E-state index is 0.184. The van der Waals surface area contributed by atoms with Crippen LogP contribution in [-0.4, -0.2) is 33.9 Å². The quantitative estimate of drug-likeness (QED) is 0.745. The number of amides is 1. The summed E-state index contributed by atoms with van der Waals surface area (Å²) in [7, 11) is 0. The van der Waals surface area contributed by atoms with Crippen molar-refractivity contribution in [3.63, 3.8) is 0 Å². The lowest BCUT2D eigenvalue weighted by Crippen LogP contribution is -2.49. The molecule has 0 saturated carbocycles. The summed E-state index contributed by atoms with van der Waals surface area (Å²) in [6.07, 6.45) is 2.31. The van der Waals surface area contributed by atoms with Crippen molar-refractivity contribution >= 4 is 16.9 Å². The number of likely N-dealkylation sites (tertiary alicyclic amines) is 1. The van der Waals surface area contributed by atoms with Crippen LogP contribution in [0.15, 0.2) is 54.7 Å². The molecule has 1 aromatic heterocycles. The maximum Gasteiger partial charge on any atom is 0.227 e. The molecule has 0 spiro atoms. The van der Waals surface area contributed by atoms with Gasteiger partial charge in [-0.15, -0.1) is 0 Å². The molecule has 1 aliphatic rings. The van der Waals surface area contributed by atoms with Gasteiger partial charge in [-0.05, 0) is 24.6 Å². The van der Waals surface area contributed by atoms with Crippen LogP contribution in [-0.2, 0) is 11.2 Å². The summed E-state index contributed by atoms with van der Waals surface area (Å²) in [5.41, 5.74) is 5.09. The first-order valence-electron chi connectivity index (χ1n) is 8.24. The van der Waals surface area contributed by atoms with Crippen LogP contribution in [0.4, 0.5) is 0 Å². The molecule has 2 aromatic carbocycles. The standard InChI is InChI=1S/C20H19N3O/c1-14-6-8-15(9-7-14)10-20(24)23-12-16(13-23)19-11-21-17-4-2-3-5-18(17)22-19/h2-9,11,16H,10,12-13H2,1H3. The van der Waals surface area contributed by atoms with Gasteiger partial charge in [-0.3, -0.25) is 9.78 Å². The van der Waals surface area contributed by atoms with Gasteiger partial charge in [-0.1, -0.05) is 42.0 Å². The molecule has 2 heterocycles. The predicted octanol–water partition coefficient (Wildman–Crippen LogP) is 3.11. The average molecular weight is 317 g/mol. The molecule has 3 aromatic rings. The molecule has 0 atom stereocenters. The van der Waals surface area contributed by atoms with Crippen molar-refractivity contribution in [2.75, 3.05) is 13.1 Å². The number of aryl methyl sites for hydroxylation is 1. The van der Waals surface area contributed by atoms with Crippen LogP contribution in [0, 0.1) is 6.92 Å². The maximum absolute atomic E-state index is 12.4. The minimum atomic E-state index is 0.184. The molecule has 4 heteroatoms. The normalized spacial score (nSPS) is 14.6. The predicted molar refractivity (Wildman–Crippen MR) is 93.7 cm³/mol. The lowest BCUT2D eigenvalue weighted by molar-refractivity contribution is -0.134. The largest absolute Gasteiger partial charge is 0.341 e. The third kappa shape index (κ3) is 2.87. The summed E-state index contributed by atoms with van der Waals surface area (Å²) in [5, 5.41) is 0. The van der Waals surface area contributed by atoms with Crippen LogP contribution >= 0.6 is 0 Å². The molecule has 1 saturated heterocycles. The van der Waals surface area contributed by atoms with Crippen LogP contribution in [0.1, 0.15) is 22.7 Å². The Labute approximate surface area is 141 Å². The molecule has 0 unspecified atom stereocenters. The van der Waals surface area contributed by atoms with Crippen molar-refractivity contribution < 1.29 is 4.79 Å². The first-order valence-corrected chi connectivity index (χ1v) is 8.24. The van der Waals surface area contributed by atoms with Gasteiger partial charge in [0.05, 0.1) is 23.1 Å². The molecule has 4 rings (SSSR count). The first-order chi connectivity index (χ1) is 11.7. The van der Waals surface area contributed by atoms with Crippen LogP contribution in [0.25, 0.3) is 11.0 Å². The Morgan fingerprint density at radius 3 is 2.54 bits per heavy atom. The molecule has 0 aliphatic carbocycles. The molecule has 4 nitrogen and oxygen atoms in total. The van der Waals surface area contributed by atoms with Crippen LogP contribution < -0.4 is 0 Å². The summed E-state index contributed by atoms with van der Waals surface area (Å²) in [5.74, 6) is 0.480. The molecular weight excluding hydrogens is 298 g/mol. The van der Waals surface area contributed by atoms with E-state index in [4.69, 9.17) is 0 Å². The zero-order chi connectivity index (χ0) is 16.5. The summed E-state index contributed by atoms with van der Waals surface area (Å²) >= 11 is 0. The molecule has 120 valence electrons. The fraction of sp³-hybridized carbons (Fsp3) is 0.250. The number of benzene rings is 2. The highest BCUT2D eigenvalue weighted by molar-refractivity contribution is 5.80. The number of carbonyl (C=O) groups excluding carboxylic acids is 1. The van der Waals surface area contributed by atoms with Crippen molar-refractivity contribution in [2.24, 2.45) is 0 Å². The van der Waals surface area contributed by atoms with E-state index in [1.807, 2.05) is 59.6 Å². The maximum atomic E-state index is 12.4. The Morgan fingerprint density at radius 2 is 1.79 bits per heavy atom. The van der Waals surface area contributed by atoms with E-state index >= 15 is 0 Å². The van der Waals surface area contributed by atoms with Gasteiger partial charge in [0.25, 0.3) is 0 Å². The molecule has 0 N–H and O–H groups in total. The second kappa shape index (κ2) is 6.04. The van der Waals surface area contributed by atoms with Crippen LogP contribution in [0.3, 0.4) is 0 Å². The van der Waals surface area contributed by atoms with Crippen molar-refractivity contribution in [1.82, 2.24) is 14.9 Å². The van der Waals surface area contributed by atoms with E-state index in [1.165, 1.54) is 5.56 Å². The third-order valence-corrected chi connectivity index (χ3v) is 4.60. The van der Waals surface area contributed by atoms with E-state index in [1.54, 1.807) is 0 Å². The number of hydrogen-bond donors (Lipinski definition) is 0. The van der Waals surface area contributed by atoms with Crippen molar-refractivity contribution in [1.29, 1.82) is 0 Å². The highest BCUT2D eigenvalue weighted by Gasteiger charge is 2.32. The van der Waals surface area contributed by atoms with Gasteiger partial charge >= 0.3 is 0 Å². The van der Waals surface area contributed by atoms with Gasteiger partial charge < -0.3 is 4.90 Å². The third-order valence-electron chi connectivity index (χ3n) is 4.60. The minimum Gasteiger partial charge on any atom is -0.341 e. The number of rotatable bonds is 3. The number of para-hydroxylation sites is 2. The zero-order valence-corrected chi connectivity index (χ0v) is 13.6. The van der Waals surface area contributed by atoms with E-state index < -0.39 is 0 Å². The Kier molecular flexibility index (Phi) is 3.73. The van der Waals surface area contributed by atoms with Gasteiger partial charge in [0.1, 0.15) is 0 Å². The Bertz CT molecular complexity index is 883. The second-order valence-corrected chi connectivity index (χ2v) is 6.44. The summed E-state index contributed by atoms with van der Waals surface area (Å²) in [4.78, 5) is 23.4. The van der Waals surface area contributed by atoms with Crippen molar-refractivity contribution in [2.45, 2.75) is 19.3 Å². The molecule has 1 aliphatic heterocycles. The smallest absolute Gasteiger partial charge is 0.227 e. The molecule has 1 fully saturated rings. The highest BCUT2D eigenvalue weighted by atomic mass is 16.2. The van der Waals surface area contributed by atoms with Crippen LogP contribution in [0.2, 0.25) is 0 Å². The van der Waals surface area contributed by atoms with E-state index in [-0.39, 0.29) is 5.91 Å². The van der Waals surface area contributed by atoms with Gasteiger partial charge in [0.15, 0.2) is 0 Å². The second-order valence-electron chi connectivity index (χ2n) is 6.44. The first kappa shape index (κ1) is 14.8. The summed E-state index contributed by atoms with van der Waals surface area (Å²) < 4.78 is 0. The average Bonchev–Trinajstić information content (AvgIpc) is 2.55. The SMILES string of the molecule is Cc1ccc(CC(=O)N2CC(c3cnc4ccccc4n3)C2)cc1. The monoisotopic (exact) mass is 317 g/mol. The van der Waals surface area contributed by atoms with Gasteiger partial charge in [0.2, 0.25) is 5.91 Å². The van der Waals surface area contributed by atoms with Gasteiger partial charge in [0, 0.05) is 25.2 Å². The lowest BCUT2D eigenvalue weighted by Gasteiger charge is -2.39. The van der Waals surface area contributed by atoms with Gasteiger partial charge in [-0.2, -0.15) is 0 Å². The number of fused-ring (bicyclic) bond motifs is 1.